The number of aromatic nitrogens is 3. The van der Waals surface area contributed by atoms with Crippen LogP contribution < -0.4 is 0 Å². The van der Waals surface area contributed by atoms with Gasteiger partial charge in [-0.05, 0) is 67.8 Å². The molecule has 1 aliphatic heterocycles. The van der Waals surface area contributed by atoms with Gasteiger partial charge in [-0.2, -0.15) is 0 Å². The summed E-state index contributed by atoms with van der Waals surface area (Å²) in [6.45, 7) is 5.06. The maximum absolute atomic E-state index is 10.6. The third-order valence-electron chi connectivity index (χ3n) is 7.28. The van der Waals surface area contributed by atoms with E-state index in [1.807, 2.05) is 29.1 Å². The van der Waals surface area contributed by atoms with Gasteiger partial charge in [0.25, 0.3) is 0 Å². The van der Waals surface area contributed by atoms with Crippen LogP contribution in [-0.2, 0) is 13.1 Å². The molecular formula is C27H34N4O2. The number of aliphatic hydroxyl groups excluding tert-OH is 1. The Balaban J connectivity index is 1.32. The zero-order valence-electron chi connectivity index (χ0n) is 19.4. The second-order valence-electron chi connectivity index (χ2n) is 10.1. The molecule has 0 bridgehead atoms. The van der Waals surface area contributed by atoms with E-state index in [0.29, 0.717) is 5.92 Å². The highest BCUT2D eigenvalue weighted by Gasteiger charge is 2.35. The number of rotatable bonds is 8. The van der Waals surface area contributed by atoms with Gasteiger partial charge in [-0.3, -0.25) is 4.90 Å². The molecular weight excluding hydrogens is 412 g/mol. The third kappa shape index (κ3) is 5.18. The van der Waals surface area contributed by atoms with Crippen LogP contribution in [-0.4, -0.2) is 55.4 Å². The fourth-order valence-electron chi connectivity index (χ4n) is 5.03. The number of piperidine rings is 1. The van der Waals surface area contributed by atoms with Gasteiger partial charge in [0.2, 0.25) is 0 Å². The van der Waals surface area contributed by atoms with Crippen LogP contribution in [0.5, 0.6) is 0 Å². The molecule has 174 valence electrons. The summed E-state index contributed by atoms with van der Waals surface area (Å²) in [4.78, 5) is 2.44. The predicted molar refractivity (Wildman–Crippen MR) is 129 cm³/mol. The Hall–Kier alpha value is -2.54. The zero-order chi connectivity index (χ0) is 22.8. The Labute approximate surface area is 195 Å². The largest absolute Gasteiger partial charge is 0.393 e. The number of aliphatic hydroxyl groups is 2. The number of hydrogen-bond donors (Lipinski definition) is 2. The molecule has 2 fully saturated rings. The summed E-state index contributed by atoms with van der Waals surface area (Å²) >= 11 is 0. The van der Waals surface area contributed by atoms with Crippen molar-refractivity contribution in [2.75, 3.05) is 19.7 Å². The second-order valence-corrected chi connectivity index (χ2v) is 10.1. The van der Waals surface area contributed by atoms with Crippen LogP contribution in [0.1, 0.15) is 55.2 Å². The number of hydrogen-bond acceptors (Lipinski definition) is 5. The van der Waals surface area contributed by atoms with Crippen LogP contribution in [0, 0.1) is 5.92 Å². The minimum Gasteiger partial charge on any atom is -0.393 e. The quantitative estimate of drug-likeness (QED) is 0.550. The molecule has 2 aromatic carbocycles. The van der Waals surface area contributed by atoms with Gasteiger partial charge in [0.05, 0.1) is 24.9 Å². The van der Waals surface area contributed by atoms with Gasteiger partial charge >= 0.3 is 0 Å². The lowest BCUT2D eigenvalue weighted by Crippen LogP contribution is -2.47. The lowest BCUT2D eigenvalue weighted by Gasteiger charge is -2.39. The van der Waals surface area contributed by atoms with Gasteiger partial charge in [-0.15, -0.1) is 5.10 Å². The Bertz CT molecular complexity index is 1070. The molecule has 6 nitrogen and oxygen atoms in total. The molecule has 6 heteroatoms. The van der Waals surface area contributed by atoms with E-state index in [0.717, 1.165) is 50.3 Å². The van der Waals surface area contributed by atoms with Crippen molar-refractivity contribution in [3.05, 3.63) is 71.4 Å². The smallest absolute Gasteiger partial charge is 0.113 e. The molecule has 1 aliphatic carbocycles. The van der Waals surface area contributed by atoms with Crippen LogP contribution in [0.3, 0.4) is 0 Å². The summed E-state index contributed by atoms with van der Waals surface area (Å²) in [7, 11) is 0. The van der Waals surface area contributed by atoms with Gasteiger partial charge in [0, 0.05) is 24.6 Å². The van der Waals surface area contributed by atoms with Crippen LogP contribution in [0.2, 0.25) is 0 Å². The average molecular weight is 447 g/mol. The van der Waals surface area contributed by atoms with Gasteiger partial charge < -0.3 is 10.2 Å². The molecule has 5 rings (SSSR count). The third-order valence-corrected chi connectivity index (χ3v) is 7.28. The van der Waals surface area contributed by atoms with Crippen molar-refractivity contribution >= 4 is 0 Å². The summed E-state index contributed by atoms with van der Waals surface area (Å²) in [6, 6.07) is 17.1. The molecule has 33 heavy (non-hydrogen) atoms. The van der Waals surface area contributed by atoms with Crippen molar-refractivity contribution in [2.45, 2.75) is 57.2 Å². The van der Waals surface area contributed by atoms with Crippen LogP contribution in [0.15, 0.2) is 54.7 Å². The lowest BCUT2D eigenvalue weighted by molar-refractivity contribution is -0.0697. The molecule has 0 unspecified atom stereocenters. The zero-order valence-corrected chi connectivity index (χ0v) is 19.4. The summed E-state index contributed by atoms with van der Waals surface area (Å²) in [6.07, 6.45) is 6.56. The molecule has 0 amide bonds. The number of likely N-dealkylation sites (tertiary alicyclic amines) is 1. The standard InChI is InChI=1S/C27H34N4O2/c1-27(33,19-32)24-8-5-13-30(17-24)16-23-12-11-22(14-25(23)21-9-10-21)26-18-31(29-28-26)15-20-6-3-2-4-7-20/h2-4,6-7,11-12,14,18,21,24,32-33H,5,8-10,13,15-17,19H2,1H3/t24-,27+/m0/s1. The van der Waals surface area contributed by atoms with E-state index < -0.39 is 5.60 Å². The van der Waals surface area contributed by atoms with Crippen molar-refractivity contribution in [3.8, 4) is 11.3 Å². The van der Waals surface area contributed by atoms with Crippen molar-refractivity contribution in [3.63, 3.8) is 0 Å². The summed E-state index contributed by atoms with van der Waals surface area (Å²) in [5, 5.41) is 28.9. The number of benzene rings is 2. The highest BCUT2D eigenvalue weighted by molar-refractivity contribution is 5.60. The van der Waals surface area contributed by atoms with Crippen LogP contribution in [0.4, 0.5) is 0 Å². The maximum Gasteiger partial charge on any atom is 0.113 e. The van der Waals surface area contributed by atoms with E-state index >= 15 is 0 Å². The minimum absolute atomic E-state index is 0.111. The fourth-order valence-corrected chi connectivity index (χ4v) is 5.03. The normalized spacial score (nSPS) is 21.1. The number of nitrogens with zero attached hydrogens (tertiary/aromatic N) is 4. The fraction of sp³-hybridized carbons (Fsp3) is 0.481. The Morgan fingerprint density at radius 2 is 1.88 bits per heavy atom. The lowest BCUT2D eigenvalue weighted by atomic mass is 9.83. The molecule has 2 N–H and O–H groups in total. The highest BCUT2D eigenvalue weighted by Crippen LogP contribution is 2.43. The molecule has 2 atom stereocenters. The highest BCUT2D eigenvalue weighted by atomic mass is 16.3. The minimum atomic E-state index is -1.01. The predicted octanol–water partition coefficient (Wildman–Crippen LogP) is 3.83. The Morgan fingerprint density at radius 3 is 2.64 bits per heavy atom. The van der Waals surface area contributed by atoms with E-state index in [1.54, 1.807) is 6.92 Å². The molecule has 1 saturated heterocycles. The van der Waals surface area contributed by atoms with Crippen molar-refractivity contribution in [1.29, 1.82) is 0 Å². The first kappa shape index (κ1) is 22.3. The van der Waals surface area contributed by atoms with Gasteiger partial charge in [0.15, 0.2) is 0 Å². The molecule has 2 heterocycles. The van der Waals surface area contributed by atoms with Gasteiger partial charge in [-0.1, -0.05) is 47.7 Å². The van der Waals surface area contributed by atoms with Crippen molar-refractivity contribution in [2.24, 2.45) is 5.92 Å². The van der Waals surface area contributed by atoms with E-state index in [-0.39, 0.29) is 12.5 Å². The first-order valence-corrected chi connectivity index (χ1v) is 12.1. The topological polar surface area (TPSA) is 74.4 Å². The van der Waals surface area contributed by atoms with Crippen molar-refractivity contribution in [1.82, 2.24) is 19.9 Å². The van der Waals surface area contributed by atoms with Crippen LogP contribution >= 0.6 is 0 Å². The van der Waals surface area contributed by atoms with Crippen LogP contribution in [0.25, 0.3) is 11.3 Å². The molecule has 2 aliphatic rings. The monoisotopic (exact) mass is 446 g/mol. The van der Waals surface area contributed by atoms with E-state index in [9.17, 15) is 10.2 Å². The average Bonchev–Trinajstić information content (AvgIpc) is 3.58. The van der Waals surface area contributed by atoms with E-state index in [1.165, 1.54) is 29.5 Å². The summed E-state index contributed by atoms with van der Waals surface area (Å²) in [5.74, 6) is 0.750. The first-order chi connectivity index (χ1) is 16.0. The van der Waals surface area contributed by atoms with Gasteiger partial charge in [-0.25, -0.2) is 4.68 Å². The molecule has 1 aromatic heterocycles. The maximum atomic E-state index is 10.6. The molecule has 1 saturated carbocycles. The van der Waals surface area contributed by atoms with E-state index in [2.05, 4.69) is 45.5 Å². The summed E-state index contributed by atoms with van der Waals surface area (Å²) < 4.78 is 1.90. The van der Waals surface area contributed by atoms with Crippen molar-refractivity contribution < 1.29 is 10.2 Å². The Kier molecular flexibility index (Phi) is 6.32. The molecule has 0 spiro atoms. The van der Waals surface area contributed by atoms with E-state index in [4.69, 9.17) is 0 Å². The molecule has 0 radical (unpaired) electrons. The second kappa shape index (κ2) is 9.37. The molecule has 3 aromatic rings. The summed E-state index contributed by atoms with van der Waals surface area (Å²) in [5.41, 5.74) is 5.05. The van der Waals surface area contributed by atoms with Gasteiger partial charge in [0.1, 0.15) is 5.69 Å². The Morgan fingerprint density at radius 1 is 1.06 bits per heavy atom. The first-order valence-electron chi connectivity index (χ1n) is 12.1. The SMILES string of the molecule is C[C@@](O)(CO)[C@H]1CCCN(Cc2ccc(-c3cn(Cc4ccccc4)nn3)cc2C2CC2)C1.